The highest BCUT2D eigenvalue weighted by Crippen LogP contribution is 2.28. The third-order valence-electron chi connectivity index (χ3n) is 5.05. The molecule has 4 rings (SSSR count). The third kappa shape index (κ3) is 4.43. The summed E-state index contributed by atoms with van der Waals surface area (Å²) in [5.74, 6) is -0.207. The van der Waals surface area contributed by atoms with Gasteiger partial charge in [-0.1, -0.05) is 23.7 Å². The minimum atomic E-state index is -3.84. The van der Waals surface area contributed by atoms with Crippen LogP contribution < -0.4 is 5.32 Å². The van der Waals surface area contributed by atoms with Crippen molar-refractivity contribution < 1.29 is 17.6 Å². The molecular formula is C20H21ClN4O4S. The van der Waals surface area contributed by atoms with E-state index in [1.54, 1.807) is 30.5 Å². The molecule has 2 aromatic heterocycles. The molecule has 1 aliphatic rings. The molecule has 3 aromatic rings. The van der Waals surface area contributed by atoms with Crippen molar-refractivity contribution in [2.75, 3.05) is 13.1 Å². The maximum Gasteiger partial charge on any atom is 0.276 e. The molecule has 30 heavy (non-hydrogen) atoms. The van der Waals surface area contributed by atoms with Crippen molar-refractivity contribution in [2.45, 2.75) is 24.5 Å². The molecule has 0 radical (unpaired) electrons. The summed E-state index contributed by atoms with van der Waals surface area (Å²) in [6.45, 7) is 0.804. The van der Waals surface area contributed by atoms with Gasteiger partial charge in [-0.25, -0.2) is 8.42 Å². The number of hydrogen-bond donors (Lipinski definition) is 2. The lowest BCUT2D eigenvalue weighted by Gasteiger charge is -2.30. The molecule has 1 aromatic carbocycles. The lowest BCUT2D eigenvalue weighted by Crippen LogP contribution is -2.45. The largest absolute Gasteiger partial charge is 0.442 e. The van der Waals surface area contributed by atoms with Gasteiger partial charge in [-0.15, -0.1) is 0 Å². The number of amides is 1. The molecule has 0 unspecified atom stereocenters. The van der Waals surface area contributed by atoms with Crippen LogP contribution in [0.1, 0.15) is 18.4 Å². The standard InChI is InChI=1S/C20H21ClN4O4S/c21-16-5-1-3-14(11-16)12-22-20(26)15-4-2-10-25(13-15)30(27,28)19-7-6-18(29-19)17-8-9-23-24-17/h1,3,5-9,11,15H,2,4,10,12-13H2,(H,22,26)(H,23,24)/t15-/m1/s1. The zero-order chi connectivity index (χ0) is 21.1. The quantitative estimate of drug-likeness (QED) is 0.602. The highest BCUT2D eigenvalue weighted by atomic mass is 35.5. The van der Waals surface area contributed by atoms with E-state index in [1.165, 1.54) is 10.4 Å². The molecule has 1 fully saturated rings. The Labute approximate surface area is 179 Å². The second-order valence-electron chi connectivity index (χ2n) is 7.14. The number of rotatable bonds is 6. The smallest absolute Gasteiger partial charge is 0.276 e. The number of H-pyrrole nitrogens is 1. The van der Waals surface area contributed by atoms with Crippen LogP contribution in [0.5, 0.6) is 0 Å². The van der Waals surface area contributed by atoms with Crippen LogP contribution in [0.3, 0.4) is 0 Å². The predicted molar refractivity (Wildman–Crippen MR) is 111 cm³/mol. The zero-order valence-electron chi connectivity index (χ0n) is 16.0. The lowest BCUT2D eigenvalue weighted by molar-refractivity contribution is -0.126. The van der Waals surface area contributed by atoms with Crippen LogP contribution in [0.4, 0.5) is 0 Å². The second-order valence-corrected chi connectivity index (χ2v) is 9.44. The normalized spacial score (nSPS) is 17.7. The highest BCUT2D eigenvalue weighted by Gasteiger charge is 2.35. The number of sulfonamides is 1. The Hall–Kier alpha value is -2.62. The van der Waals surface area contributed by atoms with Crippen molar-refractivity contribution in [1.29, 1.82) is 0 Å². The van der Waals surface area contributed by atoms with E-state index >= 15 is 0 Å². The van der Waals surface area contributed by atoms with Crippen molar-refractivity contribution in [3.05, 3.63) is 59.2 Å². The molecule has 8 nitrogen and oxygen atoms in total. The molecule has 0 saturated carbocycles. The minimum absolute atomic E-state index is 0.115. The molecule has 3 heterocycles. The van der Waals surface area contributed by atoms with E-state index in [2.05, 4.69) is 15.5 Å². The van der Waals surface area contributed by atoms with E-state index in [-0.39, 0.29) is 17.5 Å². The third-order valence-corrected chi connectivity index (χ3v) is 7.03. The van der Waals surface area contributed by atoms with Crippen LogP contribution in [0.25, 0.3) is 11.5 Å². The SMILES string of the molecule is O=C(NCc1cccc(Cl)c1)[C@@H]1CCCN(S(=O)(=O)c2ccc(-c3ccn[nH]3)o2)C1. The van der Waals surface area contributed by atoms with Crippen LogP contribution >= 0.6 is 11.6 Å². The molecule has 0 aliphatic carbocycles. The number of carbonyl (C=O) groups excluding carboxylic acids is 1. The molecule has 1 amide bonds. The first kappa shape index (κ1) is 20.6. The van der Waals surface area contributed by atoms with Crippen LogP contribution in [0.2, 0.25) is 5.02 Å². The van der Waals surface area contributed by atoms with Crippen molar-refractivity contribution in [2.24, 2.45) is 5.92 Å². The molecular weight excluding hydrogens is 428 g/mol. The van der Waals surface area contributed by atoms with Gasteiger partial charge in [-0.05, 0) is 48.7 Å². The predicted octanol–water partition coefficient (Wildman–Crippen LogP) is 3.04. The Bertz CT molecular complexity index is 1130. The molecule has 0 bridgehead atoms. The number of nitrogens with zero attached hydrogens (tertiary/aromatic N) is 2. The number of carbonyl (C=O) groups is 1. The van der Waals surface area contributed by atoms with E-state index in [0.29, 0.717) is 42.4 Å². The summed E-state index contributed by atoms with van der Waals surface area (Å²) in [5, 5.41) is 9.91. The Morgan fingerprint density at radius 2 is 2.17 bits per heavy atom. The van der Waals surface area contributed by atoms with E-state index in [9.17, 15) is 13.2 Å². The zero-order valence-corrected chi connectivity index (χ0v) is 17.6. The van der Waals surface area contributed by atoms with Gasteiger partial charge < -0.3 is 9.73 Å². The van der Waals surface area contributed by atoms with Crippen LogP contribution in [0.15, 0.2) is 58.2 Å². The van der Waals surface area contributed by atoms with E-state index in [4.69, 9.17) is 16.0 Å². The molecule has 0 spiro atoms. The second kappa shape index (κ2) is 8.63. The van der Waals surface area contributed by atoms with E-state index < -0.39 is 15.9 Å². The van der Waals surface area contributed by atoms with E-state index in [0.717, 1.165) is 5.56 Å². The average molecular weight is 449 g/mol. The van der Waals surface area contributed by atoms with Gasteiger partial charge in [0.1, 0.15) is 5.69 Å². The number of aromatic amines is 1. The molecule has 10 heteroatoms. The van der Waals surface area contributed by atoms with Crippen molar-refractivity contribution in [3.63, 3.8) is 0 Å². The first-order chi connectivity index (χ1) is 14.4. The van der Waals surface area contributed by atoms with E-state index in [1.807, 2.05) is 12.1 Å². The van der Waals surface area contributed by atoms with Crippen molar-refractivity contribution in [1.82, 2.24) is 19.8 Å². The molecule has 1 saturated heterocycles. The molecule has 158 valence electrons. The fraction of sp³-hybridized carbons (Fsp3) is 0.300. The molecule has 1 aliphatic heterocycles. The van der Waals surface area contributed by atoms with Gasteiger partial charge >= 0.3 is 0 Å². The first-order valence-electron chi connectivity index (χ1n) is 9.55. The summed E-state index contributed by atoms with van der Waals surface area (Å²) in [4.78, 5) is 12.6. The van der Waals surface area contributed by atoms with Crippen LogP contribution in [-0.2, 0) is 21.4 Å². The summed E-state index contributed by atoms with van der Waals surface area (Å²) in [6.07, 6.45) is 2.79. The summed E-state index contributed by atoms with van der Waals surface area (Å²) in [5.41, 5.74) is 1.48. The van der Waals surface area contributed by atoms with Gasteiger partial charge in [0, 0.05) is 30.9 Å². The summed E-state index contributed by atoms with van der Waals surface area (Å²) >= 11 is 5.97. The summed E-state index contributed by atoms with van der Waals surface area (Å²) < 4.78 is 32.9. The summed E-state index contributed by atoms with van der Waals surface area (Å²) in [6, 6.07) is 11.9. The van der Waals surface area contributed by atoms with Gasteiger partial charge in [0.05, 0.1) is 5.92 Å². The minimum Gasteiger partial charge on any atom is -0.442 e. The molecule has 1 atom stereocenters. The van der Waals surface area contributed by atoms with Crippen LogP contribution in [-0.4, -0.2) is 41.9 Å². The monoisotopic (exact) mass is 448 g/mol. The number of nitrogens with one attached hydrogen (secondary N) is 2. The fourth-order valence-corrected chi connectivity index (χ4v) is 5.13. The van der Waals surface area contributed by atoms with Gasteiger partial charge in [0.15, 0.2) is 5.76 Å². The number of halogens is 1. The Morgan fingerprint density at radius 3 is 2.93 bits per heavy atom. The average Bonchev–Trinajstić information content (AvgIpc) is 3.44. The Kier molecular flexibility index (Phi) is 5.94. The van der Waals surface area contributed by atoms with Crippen molar-refractivity contribution in [3.8, 4) is 11.5 Å². The van der Waals surface area contributed by atoms with Crippen molar-refractivity contribution >= 4 is 27.5 Å². The Morgan fingerprint density at radius 1 is 1.30 bits per heavy atom. The number of furan rings is 1. The number of piperidine rings is 1. The van der Waals surface area contributed by atoms with Gasteiger partial charge in [-0.2, -0.15) is 9.40 Å². The number of hydrogen-bond acceptors (Lipinski definition) is 5. The topological polar surface area (TPSA) is 108 Å². The highest BCUT2D eigenvalue weighted by molar-refractivity contribution is 7.89. The Balaban J connectivity index is 1.42. The lowest BCUT2D eigenvalue weighted by atomic mass is 9.99. The van der Waals surface area contributed by atoms with Crippen LogP contribution in [0, 0.1) is 5.92 Å². The number of benzene rings is 1. The number of aromatic nitrogens is 2. The fourth-order valence-electron chi connectivity index (χ4n) is 3.48. The van der Waals surface area contributed by atoms with Gasteiger partial charge in [0.2, 0.25) is 11.0 Å². The first-order valence-corrected chi connectivity index (χ1v) is 11.4. The van der Waals surface area contributed by atoms with Gasteiger partial charge in [-0.3, -0.25) is 9.89 Å². The molecule has 2 N–H and O–H groups in total. The maximum absolute atomic E-state index is 13.0. The summed E-state index contributed by atoms with van der Waals surface area (Å²) in [7, 11) is -3.84. The maximum atomic E-state index is 13.0. The van der Waals surface area contributed by atoms with Gasteiger partial charge in [0.25, 0.3) is 10.0 Å².